The molecule has 2 heteroatoms. The quantitative estimate of drug-likeness (QED) is 0.209. The predicted octanol–water partition coefficient (Wildman–Crippen LogP) is 9.63. The topological polar surface area (TPSA) is 25.0 Å². The Labute approximate surface area is 241 Å². The number of fused-ring (bicyclic) bond motifs is 1. The van der Waals surface area contributed by atoms with Crippen LogP contribution in [-0.2, 0) is 12.0 Å². The van der Waals surface area contributed by atoms with Gasteiger partial charge in [-0.15, -0.1) is 0 Å². The second kappa shape index (κ2) is 10.8. The fraction of sp³-hybridized carbons (Fsp3) is 0.0769. The van der Waals surface area contributed by atoms with E-state index in [-0.39, 0.29) is 0 Å². The van der Waals surface area contributed by atoms with Crippen molar-refractivity contribution in [2.75, 3.05) is 0 Å². The van der Waals surface area contributed by atoms with E-state index in [0.717, 1.165) is 34.5 Å². The molecule has 0 saturated heterocycles. The number of hydrogen-bond donors (Lipinski definition) is 1. The first-order valence-electron chi connectivity index (χ1n) is 14.2. The van der Waals surface area contributed by atoms with Crippen LogP contribution < -0.4 is 4.74 Å². The molecular weight excluding hydrogens is 498 g/mol. The van der Waals surface area contributed by atoms with Crippen molar-refractivity contribution in [2.24, 2.45) is 0 Å². The molecule has 0 fully saturated rings. The number of benzene rings is 5. The van der Waals surface area contributed by atoms with Gasteiger partial charge in [-0.1, -0.05) is 146 Å². The summed E-state index contributed by atoms with van der Waals surface area (Å²) in [6.07, 6.45) is 7.59. The predicted molar refractivity (Wildman–Crippen MR) is 169 cm³/mol. The Morgan fingerprint density at radius 1 is 0.659 bits per heavy atom. The zero-order valence-electron chi connectivity index (χ0n) is 22.8. The lowest BCUT2D eigenvalue weighted by Gasteiger charge is -2.38. The summed E-state index contributed by atoms with van der Waals surface area (Å²) in [5.74, 6) is 0.880. The van der Waals surface area contributed by atoms with Crippen molar-refractivity contribution >= 4 is 10.9 Å². The average molecular weight is 530 g/mol. The third kappa shape index (κ3) is 4.38. The molecule has 1 aliphatic rings. The SMILES string of the molecule is C1=CCC([C@](c2ccccc2)(c2ccccc2OCc2ccccc2)c2[nH]c3ccccc3c2-c2ccccc2)=C1. The van der Waals surface area contributed by atoms with Gasteiger partial charge in [-0.25, -0.2) is 0 Å². The van der Waals surface area contributed by atoms with Gasteiger partial charge in [0, 0.05) is 27.7 Å². The number of allylic oxidation sites excluding steroid dienone is 4. The van der Waals surface area contributed by atoms with Crippen LogP contribution in [0.3, 0.4) is 0 Å². The van der Waals surface area contributed by atoms with E-state index in [1.807, 2.05) is 6.07 Å². The molecule has 0 saturated carbocycles. The molecule has 0 unspecified atom stereocenters. The lowest BCUT2D eigenvalue weighted by Crippen LogP contribution is -2.33. The summed E-state index contributed by atoms with van der Waals surface area (Å²) in [6, 6.07) is 49.3. The number of para-hydroxylation sites is 2. The van der Waals surface area contributed by atoms with E-state index in [1.54, 1.807) is 0 Å². The third-order valence-electron chi connectivity index (χ3n) is 8.13. The van der Waals surface area contributed by atoms with Gasteiger partial charge in [0.15, 0.2) is 0 Å². The zero-order chi connectivity index (χ0) is 27.5. The van der Waals surface area contributed by atoms with E-state index in [4.69, 9.17) is 4.74 Å². The maximum Gasteiger partial charge on any atom is 0.124 e. The highest BCUT2D eigenvalue weighted by molar-refractivity contribution is 5.99. The summed E-state index contributed by atoms with van der Waals surface area (Å²) in [7, 11) is 0. The Morgan fingerprint density at radius 2 is 1.32 bits per heavy atom. The van der Waals surface area contributed by atoms with Crippen LogP contribution >= 0.6 is 0 Å². The summed E-state index contributed by atoms with van der Waals surface area (Å²) in [5.41, 5.74) is 8.84. The van der Waals surface area contributed by atoms with Crippen LogP contribution in [0.2, 0.25) is 0 Å². The number of ether oxygens (including phenoxy) is 1. The minimum atomic E-state index is -0.623. The van der Waals surface area contributed by atoms with Crippen LogP contribution in [0, 0.1) is 0 Å². The van der Waals surface area contributed by atoms with Gasteiger partial charge in [0.1, 0.15) is 12.4 Å². The number of H-pyrrole nitrogens is 1. The molecule has 2 nitrogen and oxygen atoms in total. The molecule has 1 aromatic heterocycles. The number of aromatic amines is 1. The number of nitrogens with one attached hydrogen (secondary N) is 1. The largest absolute Gasteiger partial charge is 0.489 e. The molecule has 198 valence electrons. The second-order valence-corrected chi connectivity index (χ2v) is 10.5. The molecule has 41 heavy (non-hydrogen) atoms. The zero-order valence-corrected chi connectivity index (χ0v) is 22.8. The van der Waals surface area contributed by atoms with Crippen molar-refractivity contribution in [1.82, 2.24) is 4.98 Å². The molecule has 0 radical (unpaired) electrons. The molecule has 0 aliphatic heterocycles. The monoisotopic (exact) mass is 529 g/mol. The highest BCUT2D eigenvalue weighted by Gasteiger charge is 2.45. The Morgan fingerprint density at radius 3 is 2.07 bits per heavy atom. The van der Waals surface area contributed by atoms with Gasteiger partial charge in [-0.3, -0.25) is 0 Å². The molecule has 5 aromatic carbocycles. The van der Waals surface area contributed by atoms with Crippen molar-refractivity contribution in [1.29, 1.82) is 0 Å². The van der Waals surface area contributed by atoms with Gasteiger partial charge in [0.05, 0.1) is 5.41 Å². The number of aromatic nitrogens is 1. The highest BCUT2D eigenvalue weighted by Crippen LogP contribution is 2.54. The first kappa shape index (κ1) is 24.9. The fourth-order valence-corrected chi connectivity index (χ4v) is 6.33. The number of rotatable bonds is 8. The molecule has 6 aromatic rings. The van der Waals surface area contributed by atoms with E-state index in [2.05, 4.69) is 157 Å². The molecule has 0 bridgehead atoms. The molecule has 0 spiro atoms. The van der Waals surface area contributed by atoms with Crippen LogP contribution in [0.25, 0.3) is 22.0 Å². The Hall–Kier alpha value is -5.08. The summed E-state index contributed by atoms with van der Waals surface area (Å²) in [5, 5.41) is 1.21. The molecule has 0 amide bonds. The molecule has 1 atom stereocenters. The van der Waals surface area contributed by atoms with Crippen molar-refractivity contribution in [3.63, 3.8) is 0 Å². The van der Waals surface area contributed by atoms with E-state index in [1.165, 1.54) is 27.6 Å². The standard InChI is InChI=1S/C39H31NO/c1-4-16-29(17-5-1)28-41-36-27-15-13-25-34(36)39(32-22-10-11-23-32,31-20-8-3-9-21-31)38-37(30-18-6-2-7-19-30)33-24-12-14-26-35(33)40-38/h1-22,24-27,40H,23,28H2/t39-/m1/s1. The third-order valence-corrected chi connectivity index (χ3v) is 8.13. The number of hydrogen-bond acceptors (Lipinski definition) is 1. The maximum atomic E-state index is 6.69. The minimum Gasteiger partial charge on any atom is -0.489 e. The van der Waals surface area contributed by atoms with Gasteiger partial charge >= 0.3 is 0 Å². The summed E-state index contributed by atoms with van der Waals surface area (Å²) < 4.78 is 6.69. The first-order chi connectivity index (χ1) is 20.4. The normalized spacial score (nSPS) is 14.1. The van der Waals surface area contributed by atoms with Crippen LogP contribution in [0.1, 0.15) is 28.8 Å². The van der Waals surface area contributed by atoms with E-state index >= 15 is 0 Å². The molecule has 1 N–H and O–H groups in total. The van der Waals surface area contributed by atoms with Gasteiger partial charge in [-0.05, 0) is 40.8 Å². The minimum absolute atomic E-state index is 0.498. The maximum absolute atomic E-state index is 6.69. The van der Waals surface area contributed by atoms with E-state index < -0.39 is 5.41 Å². The lowest BCUT2D eigenvalue weighted by atomic mass is 9.64. The van der Waals surface area contributed by atoms with Gasteiger partial charge in [-0.2, -0.15) is 0 Å². The first-order valence-corrected chi connectivity index (χ1v) is 14.2. The van der Waals surface area contributed by atoms with E-state index in [9.17, 15) is 0 Å². The van der Waals surface area contributed by atoms with Crippen LogP contribution in [-0.4, -0.2) is 4.98 Å². The molecule has 1 heterocycles. The molecule has 1 aliphatic carbocycles. The van der Waals surface area contributed by atoms with Crippen LogP contribution in [0.4, 0.5) is 0 Å². The Kier molecular flexibility index (Phi) is 6.58. The van der Waals surface area contributed by atoms with Crippen LogP contribution in [0.5, 0.6) is 5.75 Å². The Bertz CT molecular complexity index is 1850. The van der Waals surface area contributed by atoms with Gasteiger partial charge in [0.2, 0.25) is 0 Å². The summed E-state index contributed by atoms with van der Waals surface area (Å²) in [6.45, 7) is 0.498. The lowest BCUT2D eigenvalue weighted by molar-refractivity contribution is 0.300. The second-order valence-electron chi connectivity index (χ2n) is 10.5. The highest BCUT2D eigenvalue weighted by atomic mass is 16.5. The van der Waals surface area contributed by atoms with Crippen molar-refractivity contribution in [3.05, 3.63) is 186 Å². The van der Waals surface area contributed by atoms with Gasteiger partial charge in [0.25, 0.3) is 0 Å². The average Bonchev–Trinajstić information content (AvgIpc) is 3.72. The summed E-state index contributed by atoms with van der Waals surface area (Å²) >= 11 is 0. The van der Waals surface area contributed by atoms with E-state index in [0.29, 0.717) is 6.61 Å². The van der Waals surface area contributed by atoms with Crippen molar-refractivity contribution < 1.29 is 4.74 Å². The van der Waals surface area contributed by atoms with Crippen LogP contribution in [0.15, 0.2) is 163 Å². The van der Waals surface area contributed by atoms with Gasteiger partial charge < -0.3 is 9.72 Å². The van der Waals surface area contributed by atoms with Crippen molar-refractivity contribution in [3.8, 4) is 16.9 Å². The fourth-order valence-electron chi connectivity index (χ4n) is 6.33. The smallest absolute Gasteiger partial charge is 0.124 e. The molecular formula is C39H31NO. The molecule has 7 rings (SSSR count). The summed E-state index contributed by atoms with van der Waals surface area (Å²) in [4.78, 5) is 3.95. The Balaban J connectivity index is 1.56. The van der Waals surface area contributed by atoms with Crippen molar-refractivity contribution in [2.45, 2.75) is 18.4 Å².